The zero-order valence-corrected chi connectivity index (χ0v) is 26.1. The second-order valence-corrected chi connectivity index (χ2v) is 13.0. The van der Waals surface area contributed by atoms with Gasteiger partial charge in [0.15, 0.2) is 18.9 Å². The predicted molar refractivity (Wildman–Crippen MR) is 166 cm³/mol. The van der Waals surface area contributed by atoms with Crippen molar-refractivity contribution in [1.29, 1.82) is 0 Å². The van der Waals surface area contributed by atoms with Crippen molar-refractivity contribution in [2.24, 2.45) is 17.8 Å². The van der Waals surface area contributed by atoms with Gasteiger partial charge in [-0.1, -0.05) is 6.07 Å². The highest BCUT2D eigenvalue weighted by atomic mass is 16.7. The van der Waals surface area contributed by atoms with Crippen molar-refractivity contribution in [3.8, 4) is 0 Å². The molecule has 2 aromatic heterocycles. The molecule has 2 aromatic rings. The molecular weight excluding hydrogens is 558 g/mol. The number of aromatic nitrogens is 2. The molecule has 1 N–H and O–H groups in total. The molecule has 0 radical (unpaired) electrons. The summed E-state index contributed by atoms with van der Waals surface area (Å²) in [7, 11) is 0. The molecule has 2 atom stereocenters. The lowest BCUT2D eigenvalue weighted by atomic mass is 9.94. The van der Waals surface area contributed by atoms with E-state index in [0.717, 1.165) is 103 Å². The highest BCUT2D eigenvalue weighted by molar-refractivity contribution is 5.09. The third-order valence-electron chi connectivity index (χ3n) is 9.89. The van der Waals surface area contributed by atoms with Gasteiger partial charge in [0.25, 0.3) is 0 Å². The standard InChI is InChI=1S/C34H51N5O5/c40-33(29-8-17-38(18-9-29)24-31-3-1-2-12-36-31)44-34(30-10-19-37(20-11-30)23-27-4-13-35-14-5-27)43-26-28-6-15-39(16-7-28)25-32-41-21-22-42-32/h1-5,12-14,28-30,32-34,40H,6-11,15-26H2. The number of nitrogens with zero attached hydrogens (tertiary/aromatic N) is 5. The zero-order chi connectivity index (χ0) is 30.0. The van der Waals surface area contributed by atoms with Gasteiger partial charge in [0.05, 0.1) is 25.5 Å². The Bertz CT molecular complexity index is 1070. The Morgan fingerprint density at radius 3 is 2.11 bits per heavy atom. The number of piperidine rings is 3. The molecule has 0 bridgehead atoms. The Labute approximate surface area is 262 Å². The number of hydrogen-bond donors (Lipinski definition) is 1. The molecule has 0 amide bonds. The summed E-state index contributed by atoms with van der Waals surface area (Å²) in [5.74, 6) is 0.900. The van der Waals surface area contributed by atoms with Crippen LogP contribution in [0.5, 0.6) is 0 Å². The molecule has 4 fully saturated rings. The lowest BCUT2D eigenvalue weighted by molar-refractivity contribution is -0.273. The van der Waals surface area contributed by atoms with Crippen molar-refractivity contribution in [3.63, 3.8) is 0 Å². The van der Waals surface area contributed by atoms with Crippen LogP contribution in [0.1, 0.15) is 49.8 Å². The largest absolute Gasteiger partial charge is 0.368 e. The third-order valence-corrected chi connectivity index (χ3v) is 9.89. The van der Waals surface area contributed by atoms with Crippen molar-refractivity contribution in [2.45, 2.75) is 70.5 Å². The third kappa shape index (κ3) is 9.50. The highest BCUT2D eigenvalue weighted by Gasteiger charge is 2.34. The van der Waals surface area contributed by atoms with Gasteiger partial charge in [0, 0.05) is 50.1 Å². The fraction of sp³-hybridized carbons (Fsp3) is 0.706. The molecule has 0 spiro atoms. The van der Waals surface area contributed by atoms with Crippen molar-refractivity contribution in [1.82, 2.24) is 24.7 Å². The van der Waals surface area contributed by atoms with Crippen LogP contribution in [0.25, 0.3) is 0 Å². The molecule has 0 saturated carbocycles. The molecule has 10 heteroatoms. The SMILES string of the molecule is OC(OC(OCC1CCN(CC2OCCO2)CC1)C1CCN(Cc2ccncc2)CC1)C1CCN(Cc2ccccn2)CC1. The minimum atomic E-state index is -0.805. The maximum Gasteiger partial charge on any atom is 0.170 e. The molecule has 0 aromatic carbocycles. The van der Waals surface area contributed by atoms with E-state index in [2.05, 4.69) is 42.9 Å². The van der Waals surface area contributed by atoms with Crippen molar-refractivity contribution >= 4 is 0 Å². The maximum absolute atomic E-state index is 11.3. The van der Waals surface area contributed by atoms with Crippen LogP contribution in [0, 0.1) is 17.8 Å². The Hall–Kier alpha value is -2.02. The van der Waals surface area contributed by atoms with E-state index in [1.807, 2.05) is 30.7 Å². The molecule has 4 aliphatic heterocycles. The first-order valence-electron chi connectivity index (χ1n) is 16.8. The van der Waals surface area contributed by atoms with Gasteiger partial charge in [-0.15, -0.1) is 0 Å². The first-order chi connectivity index (χ1) is 21.7. The van der Waals surface area contributed by atoms with Gasteiger partial charge < -0.3 is 24.1 Å². The summed E-state index contributed by atoms with van der Waals surface area (Å²) < 4.78 is 24.4. The van der Waals surface area contributed by atoms with Crippen LogP contribution in [0.15, 0.2) is 48.9 Å². The van der Waals surface area contributed by atoms with Gasteiger partial charge in [0.1, 0.15) is 0 Å². The normalized spacial score (nSPS) is 24.1. The molecule has 6 heterocycles. The Morgan fingerprint density at radius 1 is 0.773 bits per heavy atom. The van der Waals surface area contributed by atoms with Crippen molar-refractivity contribution < 1.29 is 24.1 Å². The summed E-state index contributed by atoms with van der Waals surface area (Å²) in [6.45, 7) is 10.7. The lowest BCUT2D eigenvalue weighted by Gasteiger charge is -2.39. The molecule has 44 heavy (non-hydrogen) atoms. The molecule has 10 nitrogen and oxygen atoms in total. The zero-order valence-electron chi connectivity index (χ0n) is 26.1. The van der Waals surface area contributed by atoms with Crippen molar-refractivity contribution in [2.75, 3.05) is 65.6 Å². The van der Waals surface area contributed by atoms with E-state index >= 15 is 0 Å². The number of aliphatic hydroxyl groups excluding tert-OH is 1. The summed E-state index contributed by atoms with van der Waals surface area (Å²) in [6, 6.07) is 10.3. The molecule has 0 aliphatic carbocycles. The molecule has 2 unspecified atom stereocenters. The Morgan fingerprint density at radius 2 is 1.43 bits per heavy atom. The number of aliphatic hydroxyl groups is 1. The van der Waals surface area contributed by atoms with Crippen LogP contribution in [0.2, 0.25) is 0 Å². The van der Waals surface area contributed by atoms with E-state index in [4.69, 9.17) is 18.9 Å². The molecule has 242 valence electrons. The van der Waals surface area contributed by atoms with Crippen LogP contribution in [0.3, 0.4) is 0 Å². The average Bonchev–Trinajstić information content (AvgIpc) is 3.58. The van der Waals surface area contributed by atoms with E-state index in [1.54, 1.807) is 0 Å². The number of likely N-dealkylation sites (tertiary alicyclic amines) is 3. The van der Waals surface area contributed by atoms with Crippen LogP contribution < -0.4 is 0 Å². The average molecular weight is 610 g/mol. The van der Waals surface area contributed by atoms with E-state index in [9.17, 15) is 5.11 Å². The smallest absolute Gasteiger partial charge is 0.170 e. The minimum Gasteiger partial charge on any atom is -0.368 e. The van der Waals surface area contributed by atoms with E-state index in [1.165, 1.54) is 5.56 Å². The Balaban J connectivity index is 0.991. The lowest BCUT2D eigenvalue weighted by Crippen LogP contribution is -2.44. The van der Waals surface area contributed by atoms with Crippen LogP contribution in [-0.4, -0.2) is 114 Å². The summed E-state index contributed by atoms with van der Waals surface area (Å²) in [4.78, 5) is 16.0. The fourth-order valence-corrected chi connectivity index (χ4v) is 7.07. The minimum absolute atomic E-state index is 0.0756. The molecule has 4 aliphatic rings. The molecular formula is C34H51N5O5. The quantitative estimate of drug-likeness (QED) is 0.341. The van der Waals surface area contributed by atoms with Crippen molar-refractivity contribution in [3.05, 3.63) is 60.2 Å². The maximum atomic E-state index is 11.3. The highest BCUT2D eigenvalue weighted by Crippen LogP contribution is 2.30. The number of pyridine rings is 2. The van der Waals surface area contributed by atoms with Crippen LogP contribution in [0.4, 0.5) is 0 Å². The predicted octanol–water partition coefficient (Wildman–Crippen LogP) is 3.36. The van der Waals surface area contributed by atoms with Gasteiger partial charge in [-0.05, 0) is 114 Å². The summed E-state index contributed by atoms with van der Waals surface area (Å²) in [5.41, 5.74) is 2.39. The Kier molecular flexibility index (Phi) is 12.0. The summed E-state index contributed by atoms with van der Waals surface area (Å²) in [5, 5.41) is 11.3. The van der Waals surface area contributed by atoms with Crippen LogP contribution >= 0.6 is 0 Å². The van der Waals surface area contributed by atoms with Gasteiger partial charge in [0.2, 0.25) is 0 Å². The fourth-order valence-electron chi connectivity index (χ4n) is 7.07. The summed E-state index contributed by atoms with van der Waals surface area (Å²) >= 11 is 0. The topological polar surface area (TPSA) is 92.7 Å². The van der Waals surface area contributed by atoms with Gasteiger partial charge in [-0.2, -0.15) is 0 Å². The monoisotopic (exact) mass is 609 g/mol. The van der Waals surface area contributed by atoms with Gasteiger partial charge in [-0.3, -0.25) is 24.7 Å². The van der Waals surface area contributed by atoms with E-state index in [-0.39, 0.29) is 24.4 Å². The molecule has 6 rings (SSSR count). The number of hydrogen-bond acceptors (Lipinski definition) is 10. The van der Waals surface area contributed by atoms with E-state index in [0.29, 0.717) is 25.7 Å². The summed E-state index contributed by atoms with van der Waals surface area (Å²) in [6.07, 6.45) is 10.4. The second kappa shape index (κ2) is 16.5. The molecule has 4 saturated heterocycles. The van der Waals surface area contributed by atoms with E-state index < -0.39 is 6.29 Å². The number of rotatable bonds is 13. The van der Waals surface area contributed by atoms with Crippen LogP contribution in [-0.2, 0) is 32.0 Å². The first kappa shape index (κ1) is 31.9. The van der Waals surface area contributed by atoms with Gasteiger partial charge >= 0.3 is 0 Å². The second-order valence-electron chi connectivity index (χ2n) is 13.0. The van der Waals surface area contributed by atoms with Gasteiger partial charge in [-0.25, -0.2) is 0 Å². The first-order valence-corrected chi connectivity index (χ1v) is 16.8. The number of ether oxygens (including phenoxy) is 4.